The molecule has 2 aromatic carbocycles. The van der Waals surface area contributed by atoms with E-state index in [4.69, 9.17) is 14.2 Å². The van der Waals surface area contributed by atoms with Crippen molar-refractivity contribution in [1.82, 2.24) is 5.43 Å². The Morgan fingerprint density at radius 3 is 2.76 bits per heavy atom. The van der Waals surface area contributed by atoms with Crippen LogP contribution >= 0.6 is 15.9 Å². The predicted molar refractivity (Wildman–Crippen MR) is 97.4 cm³/mol. The zero-order valence-corrected chi connectivity index (χ0v) is 15.4. The first-order valence-electron chi connectivity index (χ1n) is 7.64. The molecule has 0 spiro atoms. The van der Waals surface area contributed by atoms with Gasteiger partial charge in [-0.3, -0.25) is 4.79 Å². The second kappa shape index (κ2) is 7.57. The van der Waals surface area contributed by atoms with Crippen molar-refractivity contribution in [2.45, 2.75) is 13.8 Å². The lowest BCUT2D eigenvalue weighted by Crippen LogP contribution is -2.24. The molecule has 0 unspecified atom stereocenters. The van der Waals surface area contributed by atoms with Crippen LogP contribution in [-0.4, -0.2) is 25.5 Å². The molecule has 1 N–H and O–H groups in total. The molecule has 0 bridgehead atoms. The molecule has 1 aliphatic rings. The zero-order valence-electron chi connectivity index (χ0n) is 13.8. The van der Waals surface area contributed by atoms with E-state index in [1.165, 1.54) is 11.8 Å². The van der Waals surface area contributed by atoms with E-state index in [1.807, 2.05) is 32.0 Å². The van der Waals surface area contributed by atoms with Crippen molar-refractivity contribution < 1.29 is 19.0 Å². The minimum Gasteiger partial charge on any atom is -0.484 e. The molecule has 1 amide bonds. The minimum atomic E-state index is -0.341. The molecular weight excluding hydrogens is 388 g/mol. The van der Waals surface area contributed by atoms with Crippen LogP contribution in [-0.2, 0) is 4.79 Å². The number of rotatable bonds is 5. The van der Waals surface area contributed by atoms with Crippen molar-refractivity contribution in [3.05, 3.63) is 51.5 Å². The van der Waals surface area contributed by atoms with Crippen LogP contribution < -0.4 is 19.6 Å². The van der Waals surface area contributed by atoms with Crippen LogP contribution in [0.1, 0.15) is 16.7 Å². The molecule has 3 rings (SSSR count). The van der Waals surface area contributed by atoms with Crippen molar-refractivity contribution >= 4 is 28.1 Å². The van der Waals surface area contributed by atoms with Gasteiger partial charge in [0.2, 0.25) is 6.79 Å². The van der Waals surface area contributed by atoms with Gasteiger partial charge in [-0.05, 0) is 65.2 Å². The van der Waals surface area contributed by atoms with E-state index in [1.54, 1.807) is 12.1 Å². The highest BCUT2D eigenvalue weighted by Crippen LogP contribution is 2.36. The van der Waals surface area contributed by atoms with Gasteiger partial charge in [0.25, 0.3) is 5.91 Å². The Labute approximate surface area is 153 Å². The standard InChI is InChI=1S/C18H17BrN2O4/c1-11-3-4-14(5-12(11)2)23-9-18(22)21-20-8-13-6-16-17(7-15(13)19)25-10-24-16/h3-8H,9-10H2,1-2H3,(H,21,22). The molecule has 2 aromatic rings. The number of hydrogen-bond acceptors (Lipinski definition) is 5. The summed E-state index contributed by atoms with van der Waals surface area (Å²) in [6, 6.07) is 9.28. The number of nitrogens with zero attached hydrogens (tertiary/aromatic N) is 1. The first-order valence-corrected chi connectivity index (χ1v) is 8.43. The number of nitrogens with one attached hydrogen (secondary N) is 1. The molecule has 6 nitrogen and oxygen atoms in total. The lowest BCUT2D eigenvalue weighted by Gasteiger charge is -2.07. The van der Waals surface area contributed by atoms with Crippen LogP contribution in [0.15, 0.2) is 39.9 Å². The van der Waals surface area contributed by atoms with E-state index in [9.17, 15) is 4.79 Å². The fourth-order valence-corrected chi connectivity index (χ4v) is 2.62. The third kappa shape index (κ3) is 4.30. The molecule has 0 saturated heterocycles. The van der Waals surface area contributed by atoms with Gasteiger partial charge in [0.05, 0.1) is 6.21 Å². The summed E-state index contributed by atoms with van der Waals surface area (Å²) in [5, 5.41) is 3.94. The van der Waals surface area contributed by atoms with Gasteiger partial charge in [-0.1, -0.05) is 6.07 Å². The Morgan fingerprint density at radius 1 is 1.24 bits per heavy atom. The summed E-state index contributed by atoms with van der Waals surface area (Å²) in [5.74, 6) is 1.64. The van der Waals surface area contributed by atoms with Crippen LogP contribution in [0, 0.1) is 13.8 Å². The summed E-state index contributed by atoms with van der Waals surface area (Å²) in [5.41, 5.74) is 5.49. The quantitative estimate of drug-likeness (QED) is 0.612. The normalized spacial score (nSPS) is 12.4. The maximum Gasteiger partial charge on any atom is 0.277 e. The number of amides is 1. The maximum atomic E-state index is 11.8. The Kier molecular flexibility index (Phi) is 5.23. The number of hydrazone groups is 1. The van der Waals surface area contributed by atoms with Gasteiger partial charge in [-0.2, -0.15) is 5.10 Å². The van der Waals surface area contributed by atoms with Gasteiger partial charge in [0.1, 0.15) is 5.75 Å². The van der Waals surface area contributed by atoms with Gasteiger partial charge in [0.15, 0.2) is 18.1 Å². The van der Waals surface area contributed by atoms with Crippen LogP contribution in [0.3, 0.4) is 0 Å². The third-order valence-electron chi connectivity index (χ3n) is 3.73. The molecule has 130 valence electrons. The number of hydrogen-bond donors (Lipinski definition) is 1. The average Bonchev–Trinajstić information content (AvgIpc) is 3.03. The van der Waals surface area contributed by atoms with Gasteiger partial charge in [0, 0.05) is 10.0 Å². The van der Waals surface area contributed by atoms with Crippen LogP contribution in [0.25, 0.3) is 0 Å². The number of carbonyl (C=O) groups is 1. The molecule has 0 aromatic heterocycles. The largest absolute Gasteiger partial charge is 0.484 e. The first-order chi connectivity index (χ1) is 12.0. The first kappa shape index (κ1) is 17.3. The zero-order chi connectivity index (χ0) is 17.8. The fourth-order valence-electron chi connectivity index (χ4n) is 2.19. The number of ether oxygens (including phenoxy) is 3. The third-order valence-corrected chi connectivity index (χ3v) is 4.42. The second-order valence-electron chi connectivity index (χ2n) is 5.55. The monoisotopic (exact) mass is 404 g/mol. The highest BCUT2D eigenvalue weighted by molar-refractivity contribution is 9.10. The van der Waals surface area contributed by atoms with Crippen LogP contribution in [0.2, 0.25) is 0 Å². The van der Waals surface area contributed by atoms with E-state index < -0.39 is 0 Å². The van der Waals surface area contributed by atoms with Gasteiger partial charge in [-0.25, -0.2) is 5.43 Å². The van der Waals surface area contributed by atoms with Crippen molar-refractivity contribution in [2.24, 2.45) is 5.10 Å². The highest BCUT2D eigenvalue weighted by atomic mass is 79.9. The molecular formula is C18H17BrN2O4. The van der Waals surface area contributed by atoms with Gasteiger partial charge >= 0.3 is 0 Å². The number of halogens is 1. The topological polar surface area (TPSA) is 69.2 Å². The molecule has 0 radical (unpaired) electrons. The molecule has 0 fully saturated rings. The van der Waals surface area contributed by atoms with Crippen molar-refractivity contribution in [2.75, 3.05) is 13.4 Å². The maximum absolute atomic E-state index is 11.8. The summed E-state index contributed by atoms with van der Waals surface area (Å²) in [6.07, 6.45) is 1.53. The van der Waals surface area contributed by atoms with Crippen LogP contribution in [0.5, 0.6) is 17.2 Å². The number of carbonyl (C=O) groups excluding carboxylic acids is 1. The fraction of sp³-hybridized carbons (Fsp3) is 0.222. The van der Waals surface area contributed by atoms with Crippen molar-refractivity contribution in [3.63, 3.8) is 0 Å². The Morgan fingerprint density at radius 2 is 2.00 bits per heavy atom. The van der Waals surface area contributed by atoms with E-state index in [0.29, 0.717) is 17.2 Å². The SMILES string of the molecule is Cc1ccc(OCC(=O)NN=Cc2cc3c(cc2Br)OCO3)cc1C. The number of fused-ring (bicyclic) bond motifs is 1. The van der Waals surface area contributed by atoms with Crippen molar-refractivity contribution in [1.29, 1.82) is 0 Å². The summed E-state index contributed by atoms with van der Waals surface area (Å²) in [6.45, 7) is 4.11. The summed E-state index contributed by atoms with van der Waals surface area (Å²) < 4.78 is 16.9. The van der Waals surface area contributed by atoms with Crippen LogP contribution in [0.4, 0.5) is 0 Å². The van der Waals surface area contributed by atoms with E-state index in [-0.39, 0.29) is 19.3 Å². The second-order valence-corrected chi connectivity index (χ2v) is 6.41. The Balaban J connectivity index is 1.53. The molecule has 25 heavy (non-hydrogen) atoms. The summed E-state index contributed by atoms with van der Waals surface area (Å²) >= 11 is 3.43. The molecule has 0 atom stereocenters. The molecule has 7 heteroatoms. The molecule has 1 heterocycles. The number of benzene rings is 2. The lowest BCUT2D eigenvalue weighted by atomic mass is 10.1. The minimum absolute atomic E-state index is 0.109. The average molecular weight is 405 g/mol. The van der Waals surface area contributed by atoms with E-state index >= 15 is 0 Å². The highest BCUT2D eigenvalue weighted by Gasteiger charge is 2.15. The number of aryl methyl sites for hydroxylation is 2. The molecule has 0 aliphatic carbocycles. The van der Waals surface area contributed by atoms with Gasteiger partial charge < -0.3 is 14.2 Å². The Hall–Kier alpha value is -2.54. The van der Waals surface area contributed by atoms with E-state index in [2.05, 4.69) is 26.5 Å². The van der Waals surface area contributed by atoms with Gasteiger partial charge in [-0.15, -0.1) is 0 Å². The summed E-state index contributed by atoms with van der Waals surface area (Å²) in [7, 11) is 0. The van der Waals surface area contributed by atoms with Crippen molar-refractivity contribution in [3.8, 4) is 17.2 Å². The van der Waals surface area contributed by atoms with E-state index in [0.717, 1.165) is 15.6 Å². The Bertz CT molecular complexity index is 836. The lowest BCUT2D eigenvalue weighted by molar-refractivity contribution is -0.123. The predicted octanol–water partition coefficient (Wildman–Crippen LogP) is 3.32. The summed E-state index contributed by atoms with van der Waals surface area (Å²) in [4.78, 5) is 11.8. The smallest absolute Gasteiger partial charge is 0.277 e. The molecule has 0 saturated carbocycles. The molecule has 1 aliphatic heterocycles.